The molecule has 1 aromatic carbocycles. The third-order valence-corrected chi connectivity index (χ3v) is 4.07. The van der Waals surface area contributed by atoms with Crippen LogP contribution < -0.4 is 5.32 Å². The van der Waals surface area contributed by atoms with Crippen LogP contribution in [0.15, 0.2) is 24.3 Å². The molecular weight excluding hydrogens is 239 g/mol. The van der Waals surface area contributed by atoms with Crippen molar-refractivity contribution in [1.29, 1.82) is 0 Å². The van der Waals surface area contributed by atoms with E-state index in [2.05, 4.69) is 19.2 Å². The highest BCUT2D eigenvalue weighted by Crippen LogP contribution is 2.64. The molecule has 2 unspecified atom stereocenters. The third kappa shape index (κ3) is 2.26. The second-order valence-electron chi connectivity index (χ2n) is 5.58. The van der Waals surface area contributed by atoms with E-state index in [1.165, 1.54) is 12.1 Å². The van der Waals surface area contributed by atoms with Gasteiger partial charge in [0.15, 0.2) is 0 Å². The fraction of sp³-hybridized carbons (Fsp3) is 0.571. The molecule has 0 heterocycles. The summed E-state index contributed by atoms with van der Waals surface area (Å²) in [5, 5.41) is 3.14. The minimum Gasteiger partial charge on any atom is -0.319 e. The third-order valence-electron chi connectivity index (χ3n) is 4.07. The molecule has 1 N–H and O–H groups in total. The van der Waals surface area contributed by atoms with E-state index < -0.39 is 11.7 Å². The second-order valence-corrected chi connectivity index (χ2v) is 5.58. The summed E-state index contributed by atoms with van der Waals surface area (Å²) in [5.41, 5.74) is 0.603. The van der Waals surface area contributed by atoms with Gasteiger partial charge >= 0.3 is 6.18 Å². The van der Waals surface area contributed by atoms with Crippen LogP contribution in [-0.4, -0.2) is 13.6 Å². The maximum absolute atomic E-state index is 12.5. The predicted octanol–water partition coefficient (Wildman–Crippen LogP) is 3.66. The number of hydrogen-bond donors (Lipinski definition) is 1. The summed E-state index contributed by atoms with van der Waals surface area (Å²) in [4.78, 5) is 0. The lowest BCUT2D eigenvalue weighted by atomic mass is 10.0. The first-order valence-corrected chi connectivity index (χ1v) is 6.10. The molecule has 4 heteroatoms. The van der Waals surface area contributed by atoms with Crippen molar-refractivity contribution in [3.05, 3.63) is 35.4 Å². The van der Waals surface area contributed by atoms with Crippen LogP contribution in [0, 0.1) is 11.3 Å². The smallest absolute Gasteiger partial charge is 0.319 e. The molecule has 1 nitrogen and oxygen atoms in total. The molecule has 1 fully saturated rings. The Balaban J connectivity index is 2.17. The number of hydrogen-bond acceptors (Lipinski definition) is 1. The van der Waals surface area contributed by atoms with Crippen molar-refractivity contribution < 1.29 is 13.2 Å². The van der Waals surface area contributed by atoms with Gasteiger partial charge in [0, 0.05) is 0 Å². The van der Waals surface area contributed by atoms with E-state index in [4.69, 9.17) is 0 Å². The first-order chi connectivity index (χ1) is 8.28. The Morgan fingerprint density at radius 3 is 2.17 bits per heavy atom. The lowest BCUT2D eigenvalue weighted by molar-refractivity contribution is -0.137. The highest BCUT2D eigenvalue weighted by molar-refractivity contribution is 5.34. The average Bonchev–Trinajstić information content (AvgIpc) is 2.80. The molecule has 0 amide bonds. The van der Waals surface area contributed by atoms with E-state index in [1.807, 2.05) is 7.05 Å². The molecule has 1 aliphatic rings. The Labute approximate surface area is 105 Å². The van der Waals surface area contributed by atoms with Crippen LogP contribution in [0.2, 0.25) is 0 Å². The zero-order valence-corrected chi connectivity index (χ0v) is 10.8. The maximum atomic E-state index is 12.5. The molecule has 1 aliphatic carbocycles. The fourth-order valence-corrected chi connectivity index (χ4v) is 2.89. The molecule has 100 valence electrons. The molecule has 1 aromatic rings. The molecule has 1 saturated carbocycles. The maximum Gasteiger partial charge on any atom is 0.416 e. The van der Waals surface area contributed by atoms with E-state index in [-0.39, 0.29) is 5.41 Å². The molecule has 18 heavy (non-hydrogen) atoms. The first kappa shape index (κ1) is 13.4. The van der Waals surface area contributed by atoms with E-state index >= 15 is 0 Å². The normalized spacial score (nSPS) is 26.1. The summed E-state index contributed by atoms with van der Waals surface area (Å²) in [6.45, 7) is 5.23. The van der Waals surface area contributed by atoms with Gasteiger partial charge in [-0.05, 0) is 48.5 Å². The van der Waals surface area contributed by atoms with Gasteiger partial charge < -0.3 is 5.32 Å². The van der Waals surface area contributed by atoms with Crippen molar-refractivity contribution in [3.63, 3.8) is 0 Å². The zero-order chi connectivity index (χ0) is 13.6. The SMILES string of the molecule is CNCC1C(c2ccc(C(F)(F)F)cc2)C1(C)C. The lowest BCUT2D eigenvalue weighted by Crippen LogP contribution is -2.12. The van der Waals surface area contributed by atoms with Crippen LogP contribution in [0.25, 0.3) is 0 Å². The van der Waals surface area contributed by atoms with Gasteiger partial charge in [-0.1, -0.05) is 26.0 Å². The van der Waals surface area contributed by atoms with E-state index in [0.717, 1.165) is 12.1 Å². The van der Waals surface area contributed by atoms with Gasteiger partial charge in [-0.3, -0.25) is 0 Å². The number of halogens is 3. The Morgan fingerprint density at radius 2 is 1.72 bits per heavy atom. The van der Waals surface area contributed by atoms with Crippen molar-refractivity contribution in [3.8, 4) is 0 Å². The van der Waals surface area contributed by atoms with Crippen molar-refractivity contribution in [2.24, 2.45) is 11.3 Å². The van der Waals surface area contributed by atoms with E-state index in [0.29, 0.717) is 11.8 Å². The molecular formula is C14H18F3N. The van der Waals surface area contributed by atoms with Gasteiger partial charge in [0.1, 0.15) is 0 Å². The monoisotopic (exact) mass is 257 g/mol. The number of nitrogens with one attached hydrogen (secondary N) is 1. The first-order valence-electron chi connectivity index (χ1n) is 6.10. The Kier molecular flexibility index (Phi) is 3.18. The predicted molar refractivity (Wildman–Crippen MR) is 65.4 cm³/mol. The van der Waals surface area contributed by atoms with Crippen molar-refractivity contribution >= 4 is 0 Å². The van der Waals surface area contributed by atoms with Crippen LogP contribution in [0.5, 0.6) is 0 Å². The minimum atomic E-state index is -4.25. The second kappa shape index (κ2) is 4.26. The van der Waals surface area contributed by atoms with Gasteiger partial charge in [-0.25, -0.2) is 0 Å². The van der Waals surface area contributed by atoms with Crippen LogP contribution >= 0.6 is 0 Å². The van der Waals surface area contributed by atoms with Crippen molar-refractivity contribution in [2.45, 2.75) is 25.9 Å². The molecule has 0 bridgehead atoms. The molecule has 2 atom stereocenters. The Morgan fingerprint density at radius 1 is 1.17 bits per heavy atom. The van der Waals surface area contributed by atoms with E-state index in [1.54, 1.807) is 12.1 Å². The van der Waals surface area contributed by atoms with Crippen LogP contribution in [0.1, 0.15) is 30.9 Å². The van der Waals surface area contributed by atoms with E-state index in [9.17, 15) is 13.2 Å². The standard InChI is InChI=1S/C14H18F3N/c1-13(2)11(8-18-3)12(13)9-4-6-10(7-5-9)14(15,16)17/h4-7,11-12,18H,8H2,1-3H3. The summed E-state index contributed by atoms with van der Waals surface area (Å²) in [5.74, 6) is 0.853. The Hall–Kier alpha value is -1.03. The fourth-order valence-electron chi connectivity index (χ4n) is 2.89. The van der Waals surface area contributed by atoms with Gasteiger partial charge in [0.2, 0.25) is 0 Å². The number of rotatable bonds is 3. The van der Waals surface area contributed by atoms with Crippen LogP contribution in [0.3, 0.4) is 0 Å². The number of alkyl halides is 3. The quantitative estimate of drug-likeness (QED) is 0.871. The van der Waals surface area contributed by atoms with Crippen molar-refractivity contribution in [1.82, 2.24) is 5.32 Å². The van der Waals surface area contributed by atoms with Gasteiger partial charge in [-0.2, -0.15) is 13.2 Å². The molecule has 0 spiro atoms. The average molecular weight is 257 g/mol. The zero-order valence-electron chi connectivity index (χ0n) is 10.8. The van der Waals surface area contributed by atoms with Crippen LogP contribution in [-0.2, 0) is 6.18 Å². The topological polar surface area (TPSA) is 12.0 Å². The Bertz CT molecular complexity index is 420. The lowest BCUT2D eigenvalue weighted by Gasteiger charge is -2.08. The van der Waals surface area contributed by atoms with Gasteiger partial charge in [0.05, 0.1) is 5.56 Å². The highest BCUT2D eigenvalue weighted by Gasteiger charge is 2.57. The van der Waals surface area contributed by atoms with Gasteiger partial charge in [-0.15, -0.1) is 0 Å². The van der Waals surface area contributed by atoms with Crippen LogP contribution in [0.4, 0.5) is 13.2 Å². The summed E-state index contributed by atoms with van der Waals surface area (Å²) in [7, 11) is 1.90. The molecule has 0 saturated heterocycles. The molecule has 0 aromatic heterocycles. The number of benzene rings is 1. The molecule has 0 aliphatic heterocycles. The minimum absolute atomic E-state index is 0.169. The van der Waals surface area contributed by atoms with Crippen molar-refractivity contribution in [2.75, 3.05) is 13.6 Å². The summed E-state index contributed by atoms with van der Waals surface area (Å²) in [6, 6.07) is 5.59. The largest absolute Gasteiger partial charge is 0.416 e. The molecule has 0 radical (unpaired) electrons. The highest BCUT2D eigenvalue weighted by atomic mass is 19.4. The van der Waals surface area contributed by atoms with Gasteiger partial charge in [0.25, 0.3) is 0 Å². The summed E-state index contributed by atoms with van der Waals surface area (Å²) < 4.78 is 37.4. The summed E-state index contributed by atoms with van der Waals surface area (Å²) >= 11 is 0. The summed E-state index contributed by atoms with van der Waals surface area (Å²) in [6.07, 6.45) is -4.25. The molecule has 2 rings (SSSR count).